The highest BCUT2D eigenvalue weighted by atomic mass is 35.5. The van der Waals surface area contributed by atoms with Gasteiger partial charge in [0.15, 0.2) is 0 Å². The van der Waals surface area contributed by atoms with Gasteiger partial charge in [0, 0.05) is 18.8 Å². The van der Waals surface area contributed by atoms with Crippen LogP contribution >= 0.6 is 24.8 Å². The maximum atomic E-state index is 13.2. The van der Waals surface area contributed by atoms with Crippen molar-refractivity contribution in [2.24, 2.45) is 5.73 Å². The summed E-state index contributed by atoms with van der Waals surface area (Å²) >= 11 is 0. The van der Waals surface area contributed by atoms with Crippen LogP contribution in [-0.2, 0) is 10.0 Å². The number of halogens is 2. The minimum absolute atomic E-state index is 0. The Morgan fingerprint density at radius 1 is 0.844 bits per heavy atom. The lowest BCUT2D eigenvalue weighted by atomic mass is 10.1. The topological polar surface area (TPSA) is 103 Å². The van der Waals surface area contributed by atoms with E-state index in [0.717, 1.165) is 16.8 Å². The van der Waals surface area contributed by atoms with Gasteiger partial charge in [-0.15, -0.1) is 24.8 Å². The zero-order valence-corrected chi connectivity index (χ0v) is 20.1. The van der Waals surface area contributed by atoms with Gasteiger partial charge in [0.1, 0.15) is 16.4 Å². The van der Waals surface area contributed by atoms with Gasteiger partial charge in [0.2, 0.25) is 0 Å². The Morgan fingerprint density at radius 2 is 1.53 bits per heavy atom. The second-order valence-electron chi connectivity index (χ2n) is 6.50. The number of rotatable bonds is 9. The van der Waals surface area contributed by atoms with Crippen molar-refractivity contribution in [2.75, 3.05) is 37.3 Å². The molecule has 3 rings (SSSR count). The highest BCUT2D eigenvalue weighted by Crippen LogP contribution is 2.32. The van der Waals surface area contributed by atoms with Crippen LogP contribution in [0, 0.1) is 0 Å². The summed E-state index contributed by atoms with van der Waals surface area (Å²) in [7, 11) is -0.870. The van der Waals surface area contributed by atoms with E-state index in [2.05, 4.69) is 10.0 Å². The van der Waals surface area contributed by atoms with Crippen LogP contribution in [0.4, 0.5) is 11.4 Å². The summed E-state index contributed by atoms with van der Waals surface area (Å²) in [5.74, 6) is 0.944. The van der Waals surface area contributed by atoms with Crippen molar-refractivity contribution in [1.82, 2.24) is 0 Å². The van der Waals surface area contributed by atoms with Crippen LogP contribution in [0.25, 0.3) is 11.1 Å². The molecule has 0 radical (unpaired) electrons. The number of hydrogen-bond donors (Lipinski definition) is 3. The molecular weight excluding hydrogens is 473 g/mol. The first-order valence-corrected chi connectivity index (χ1v) is 10.8. The Kier molecular flexibility index (Phi) is 10.6. The second kappa shape index (κ2) is 12.4. The maximum Gasteiger partial charge on any atom is 0.265 e. The maximum absolute atomic E-state index is 13.2. The fraction of sp³-hybridized carbons (Fsp3) is 0.182. The normalized spacial score (nSPS) is 10.3. The van der Waals surface area contributed by atoms with Gasteiger partial charge in [0.05, 0.1) is 19.9 Å². The zero-order chi connectivity index (χ0) is 21.6. The standard InChI is InChI=1S/C22H25N3O4S.2ClH/c1-28-20-8-3-5-16(13-20)17-9-10-21(29-2)22(14-17)30(26,27)25-19-7-4-6-18(15-19)24-12-11-23;;/h3-10,13-15,24-25H,11-12,23H2,1-2H3;2*1H. The highest BCUT2D eigenvalue weighted by Gasteiger charge is 2.21. The van der Waals surface area contributed by atoms with Gasteiger partial charge in [-0.25, -0.2) is 8.42 Å². The predicted octanol–water partition coefficient (Wildman–Crippen LogP) is 4.39. The summed E-state index contributed by atoms with van der Waals surface area (Å²) in [6.45, 7) is 1.07. The van der Waals surface area contributed by atoms with Gasteiger partial charge in [-0.2, -0.15) is 0 Å². The molecule has 0 amide bonds. The van der Waals surface area contributed by atoms with Crippen molar-refractivity contribution in [2.45, 2.75) is 4.90 Å². The molecule has 4 N–H and O–H groups in total. The Hall–Kier alpha value is -2.65. The minimum atomic E-state index is -3.90. The quantitative estimate of drug-likeness (QED) is 0.403. The first kappa shape index (κ1) is 27.4. The molecule has 0 aliphatic rings. The zero-order valence-electron chi connectivity index (χ0n) is 17.7. The van der Waals surface area contributed by atoms with Crippen LogP contribution in [0.5, 0.6) is 11.5 Å². The molecule has 7 nitrogen and oxygen atoms in total. The van der Waals surface area contributed by atoms with Crippen LogP contribution in [0.2, 0.25) is 0 Å². The van der Waals surface area contributed by atoms with E-state index in [1.807, 2.05) is 36.4 Å². The third-order valence-electron chi connectivity index (χ3n) is 4.44. The van der Waals surface area contributed by atoms with Crippen LogP contribution in [-0.4, -0.2) is 35.7 Å². The molecule has 0 aliphatic heterocycles. The van der Waals surface area contributed by atoms with E-state index in [-0.39, 0.29) is 35.5 Å². The molecule has 0 saturated carbocycles. The van der Waals surface area contributed by atoms with Gasteiger partial charge in [-0.1, -0.05) is 24.3 Å². The monoisotopic (exact) mass is 499 g/mol. The van der Waals surface area contributed by atoms with Crippen molar-refractivity contribution >= 4 is 46.2 Å². The smallest absolute Gasteiger partial charge is 0.265 e. The van der Waals surface area contributed by atoms with Gasteiger partial charge >= 0.3 is 0 Å². The number of methoxy groups -OCH3 is 2. The molecule has 174 valence electrons. The van der Waals surface area contributed by atoms with E-state index in [1.54, 1.807) is 37.4 Å². The number of ether oxygens (including phenoxy) is 2. The summed E-state index contributed by atoms with van der Waals surface area (Å²) in [6, 6.07) is 19.5. The van der Waals surface area contributed by atoms with E-state index in [4.69, 9.17) is 15.2 Å². The van der Waals surface area contributed by atoms with Crippen LogP contribution in [0.3, 0.4) is 0 Å². The lowest BCUT2D eigenvalue weighted by molar-refractivity contribution is 0.403. The van der Waals surface area contributed by atoms with E-state index < -0.39 is 10.0 Å². The average Bonchev–Trinajstić information content (AvgIpc) is 2.77. The molecule has 0 aliphatic carbocycles. The Bertz CT molecular complexity index is 1130. The molecule has 0 fully saturated rings. The van der Waals surface area contributed by atoms with Crippen molar-refractivity contribution in [3.8, 4) is 22.6 Å². The minimum Gasteiger partial charge on any atom is -0.497 e. The molecule has 0 saturated heterocycles. The molecule has 0 atom stereocenters. The van der Waals surface area contributed by atoms with Gasteiger partial charge in [-0.3, -0.25) is 4.72 Å². The highest BCUT2D eigenvalue weighted by molar-refractivity contribution is 7.92. The molecule has 3 aromatic rings. The van der Waals surface area contributed by atoms with Gasteiger partial charge in [-0.05, 0) is 53.6 Å². The first-order chi connectivity index (χ1) is 14.5. The lowest BCUT2D eigenvalue weighted by Crippen LogP contribution is -2.15. The van der Waals surface area contributed by atoms with Gasteiger partial charge in [0.25, 0.3) is 10.0 Å². The largest absolute Gasteiger partial charge is 0.497 e. The molecule has 0 heterocycles. The fourth-order valence-electron chi connectivity index (χ4n) is 2.99. The van der Waals surface area contributed by atoms with E-state index in [0.29, 0.717) is 24.5 Å². The molecule has 0 spiro atoms. The van der Waals surface area contributed by atoms with Crippen LogP contribution < -0.4 is 25.2 Å². The summed E-state index contributed by atoms with van der Waals surface area (Å²) < 4.78 is 39.5. The molecule has 0 unspecified atom stereocenters. The SMILES string of the molecule is COc1cccc(-c2ccc(OC)c(S(=O)(=O)Nc3cccc(NCCN)c3)c2)c1.Cl.Cl. The summed E-state index contributed by atoms with van der Waals surface area (Å²) in [4.78, 5) is 0.0469. The van der Waals surface area contributed by atoms with Crippen LogP contribution in [0.15, 0.2) is 71.6 Å². The lowest BCUT2D eigenvalue weighted by Gasteiger charge is -2.14. The molecule has 0 aromatic heterocycles. The van der Waals surface area contributed by atoms with Crippen molar-refractivity contribution in [3.63, 3.8) is 0 Å². The summed E-state index contributed by atoms with van der Waals surface area (Å²) in [5.41, 5.74) is 8.29. The molecule has 32 heavy (non-hydrogen) atoms. The molecule has 0 bridgehead atoms. The van der Waals surface area contributed by atoms with Crippen molar-refractivity contribution in [3.05, 3.63) is 66.7 Å². The van der Waals surface area contributed by atoms with E-state index in [9.17, 15) is 8.42 Å². The summed E-state index contributed by atoms with van der Waals surface area (Å²) in [5, 5.41) is 3.13. The summed E-state index contributed by atoms with van der Waals surface area (Å²) in [6.07, 6.45) is 0. The molecular formula is C22H27Cl2N3O4S. The third kappa shape index (κ3) is 6.67. The number of anilines is 2. The Morgan fingerprint density at radius 3 is 2.22 bits per heavy atom. The predicted molar refractivity (Wildman–Crippen MR) is 134 cm³/mol. The number of nitrogens with one attached hydrogen (secondary N) is 2. The first-order valence-electron chi connectivity index (χ1n) is 9.36. The third-order valence-corrected chi connectivity index (χ3v) is 5.85. The molecule has 10 heteroatoms. The average molecular weight is 500 g/mol. The van der Waals surface area contributed by atoms with Crippen molar-refractivity contribution in [1.29, 1.82) is 0 Å². The van der Waals surface area contributed by atoms with E-state index in [1.165, 1.54) is 7.11 Å². The van der Waals surface area contributed by atoms with Gasteiger partial charge < -0.3 is 20.5 Å². The molecule has 3 aromatic carbocycles. The number of benzene rings is 3. The van der Waals surface area contributed by atoms with Crippen molar-refractivity contribution < 1.29 is 17.9 Å². The number of sulfonamides is 1. The fourth-order valence-corrected chi connectivity index (χ4v) is 4.23. The van der Waals surface area contributed by atoms with Crippen LogP contribution in [0.1, 0.15) is 0 Å². The van der Waals surface area contributed by atoms with E-state index >= 15 is 0 Å². The Labute approximate surface area is 201 Å². The number of nitrogens with two attached hydrogens (primary N) is 1. The number of hydrogen-bond acceptors (Lipinski definition) is 6. The second-order valence-corrected chi connectivity index (χ2v) is 8.15. The Balaban J connectivity index is 0.00000256.